The highest BCUT2D eigenvalue weighted by Crippen LogP contribution is 2.40. The lowest BCUT2D eigenvalue weighted by molar-refractivity contribution is -0.120. The fraction of sp³-hybridized carbons (Fsp3) is 0.182. The van der Waals surface area contributed by atoms with E-state index in [1.54, 1.807) is 36.4 Å². The van der Waals surface area contributed by atoms with E-state index in [9.17, 15) is 9.59 Å². The Hall–Kier alpha value is -5.06. The van der Waals surface area contributed by atoms with E-state index in [0.29, 0.717) is 40.5 Å². The van der Waals surface area contributed by atoms with Crippen LogP contribution in [0.1, 0.15) is 28.3 Å². The molecule has 0 saturated heterocycles. The molecule has 2 amide bonds. The van der Waals surface area contributed by atoms with Crippen LogP contribution in [0.5, 0.6) is 11.5 Å². The number of nitrogen functional groups attached to an aromatic ring is 1. The van der Waals surface area contributed by atoms with Crippen LogP contribution in [0.3, 0.4) is 0 Å². The topological polar surface area (TPSA) is 153 Å². The molecule has 1 unspecified atom stereocenters. The summed E-state index contributed by atoms with van der Waals surface area (Å²) in [6, 6.07) is 28.4. The number of ether oxygens (including phenoxy) is 3. The molecule has 0 saturated carbocycles. The zero-order chi connectivity index (χ0) is 30.8. The van der Waals surface area contributed by atoms with Crippen LogP contribution in [0.15, 0.2) is 97.1 Å². The lowest BCUT2D eigenvalue weighted by Gasteiger charge is -2.34. The minimum atomic E-state index is -1.06. The van der Waals surface area contributed by atoms with Gasteiger partial charge in [-0.2, -0.15) is 0 Å². The number of hydrogen-bond donors (Lipinski definition) is 4. The minimum absolute atomic E-state index is 0. The molecule has 0 radical (unpaired) electrons. The zero-order valence-corrected chi connectivity index (χ0v) is 25.3. The van der Waals surface area contributed by atoms with E-state index in [-0.39, 0.29) is 31.5 Å². The zero-order valence-electron chi connectivity index (χ0n) is 24.5. The molecule has 0 bridgehead atoms. The molecule has 0 spiro atoms. The number of rotatable bonds is 14. The molecular weight excluding hydrogens is 582 g/mol. The Morgan fingerprint density at radius 3 is 2.02 bits per heavy atom. The van der Waals surface area contributed by atoms with Gasteiger partial charge in [-0.05, 0) is 41.5 Å². The Morgan fingerprint density at radius 1 is 0.864 bits per heavy atom. The fourth-order valence-electron chi connectivity index (χ4n) is 4.65. The first-order valence-electron chi connectivity index (χ1n) is 13.5. The SMILES string of the molecule is COCC(=O)Nc1cc(OCc2ccccc2)c(OC)cc1C(C(N)=O)N(Cc1ccccc1)c1ccc(C(=N)N)cc1.Cl. The number of nitrogens with zero attached hydrogens (tertiary/aromatic N) is 1. The second kappa shape index (κ2) is 16.0. The van der Waals surface area contributed by atoms with Gasteiger partial charge in [-0.3, -0.25) is 15.0 Å². The van der Waals surface area contributed by atoms with Gasteiger partial charge in [0.25, 0.3) is 0 Å². The van der Waals surface area contributed by atoms with Crippen molar-refractivity contribution in [3.63, 3.8) is 0 Å². The van der Waals surface area contributed by atoms with Gasteiger partial charge in [0.15, 0.2) is 11.5 Å². The van der Waals surface area contributed by atoms with Gasteiger partial charge in [-0.1, -0.05) is 60.7 Å². The molecule has 0 aliphatic carbocycles. The van der Waals surface area contributed by atoms with Crippen LogP contribution in [0, 0.1) is 5.41 Å². The van der Waals surface area contributed by atoms with Gasteiger partial charge in [0.2, 0.25) is 11.8 Å². The number of amides is 2. The highest BCUT2D eigenvalue weighted by Gasteiger charge is 2.31. The average molecular weight is 618 g/mol. The van der Waals surface area contributed by atoms with Gasteiger partial charge >= 0.3 is 0 Å². The molecule has 0 aliphatic heterocycles. The van der Waals surface area contributed by atoms with Crippen molar-refractivity contribution in [3.05, 3.63) is 119 Å². The summed E-state index contributed by atoms with van der Waals surface area (Å²) in [5.74, 6) is -0.438. The van der Waals surface area contributed by atoms with E-state index >= 15 is 0 Å². The molecule has 4 aromatic rings. The molecule has 0 fully saturated rings. The summed E-state index contributed by atoms with van der Waals surface area (Å²) in [4.78, 5) is 27.9. The van der Waals surface area contributed by atoms with Crippen molar-refractivity contribution >= 4 is 41.4 Å². The molecule has 230 valence electrons. The standard InChI is InChI=1S/C33H35N5O5.ClH/c1-41-21-30(39)37-27-18-29(43-20-23-11-7-4-8-12-23)28(42-2)17-26(27)31(33(36)40)38(19-22-9-5-3-6-10-22)25-15-13-24(14-16-25)32(34)35;/h3-18,31H,19-21H2,1-2H3,(H3,34,35)(H2,36,40)(H,37,39);1H. The first-order chi connectivity index (χ1) is 20.8. The maximum atomic E-state index is 13.4. The summed E-state index contributed by atoms with van der Waals surface area (Å²) in [7, 11) is 2.92. The van der Waals surface area contributed by atoms with Crippen LogP contribution in [0.4, 0.5) is 11.4 Å². The number of nitrogens with one attached hydrogen (secondary N) is 2. The lowest BCUT2D eigenvalue weighted by atomic mass is 9.99. The second-order valence-electron chi connectivity index (χ2n) is 9.72. The van der Waals surface area contributed by atoms with Crippen LogP contribution >= 0.6 is 12.4 Å². The van der Waals surface area contributed by atoms with Crippen molar-refractivity contribution in [3.8, 4) is 11.5 Å². The molecule has 0 aliphatic rings. The lowest BCUT2D eigenvalue weighted by Crippen LogP contribution is -2.38. The number of benzene rings is 4. The molecule has 11 heteroatoms. The van der Waals surface area contributed by atoms with Gasteiger partial charge in [0.05, 0.1) is 12.8 Å². The maximum absolute atomic E-state index is 13.4. The molecule has 4 aromatic carbocycles. The number of carbonyl (C=O) groups is 2. The van der Waals surface area contributed by atoms with Crippen molar-refractivity contribution in [1.29, 1.82) is 5.41 Å². The second-order valence-corrected chi connectivity index (χ2v) is 9.72. The monoisotopic (exact) mass is 617 g/mol. The van der Waals surface area contributed by atoms with E-state index in [2.05, 4.69) is 5.32 Å². The van der Waals surface area contributed by atoms with E-state index in [4.69, 9.17) is 31.1 Å². The maximum Gasteiger partial charge on any atom is 0.250 e. The van der Waals surface area contributed by atoms with Gasteiger partial charge < -0.3 is 35.9 Å². The number of methoxy groups -OCH3 is 2. The van der Waals surface area contributed by atoms with Crippen molar-refractivity contribution in [1.82, 2.24) is 0 Å². The third-order valence-electron chi connectivity index (χ3n) is 6.70. The highest BCUT2D eigenvalue weighted by atomic mass is 35.5. The normalized spacial score (nSPS) is 11.0. The number of carbonyl (C=O) groups excluding carboxylic acids is 2. The molecule has 6 N–H and O–H groups in total. The van der Waals surface area contributed by atoms with Crippen molar-refractivity contribution in [2.24, 2.45) is 11.5 Å². The average Bonchev–Trinajstić information content (AvgIpc) is 3.01. The van der Waals surface area contributed by atoms with Crippen molar-refractivity contribution in [2.45, 2.75) is 19.2 Å². The Balaban J connectivity index is 0.00000529. The molecular formula is C33H36ClN5O5. The number of halogens is 1. The van der Waals surface area contributed by atoms with E-state index < -0.39 is 17.9 Å². The quantitative estimate of drug-likeness (QED) is 0.117. The molecule has 44 heavy (non-hydrogen) atoms. The minimum Gasteiger partial charge on any atom is -0.493 e. The van der Waals surface area contributed by atoms with Gasteiger partial charge in [-0.15, -0.1) is 12.4 Å². The first kappa shape index (κ1) is 33.4. The third kappa shape index (κ3) is 8.50. The van der Waals surface area contributed by atoms with Crippen molar-refractivity contribution in [2.75, 3.05) is 31.0 Å². The highest BCUT2D eigenvalue weighted by molar-refractivity contribution is 5.96. The molecule has 1 atom stereocenters. The number of hydrogen-bond acceptors (Lipinski definition) is 7. The summed E-state index contributed by atoms with van der Waals surface area (Å²) in [5, 5.41) is 10.6. The summed E-state index contributed by atoms with van der Waals surface area (Å²) in [6.07, 6.45) is 0. The van der Waals surface area contributed by atoms with E-state index in [0.717, 1.165) is 11.1 Å². The van der Waals surface area contributed by atoms with Gasteiger partial charge in [-0.25, -0.2) is 0 Å². The van der Waals surface area contributed by atoms with Crippen LogP contribution < -0.4 is 31.2 Å². The molecule has 4 rings (SSSR count). The van der Waals surface area contributed by atoms with E-state index in [1.165, 1.54) is 14.2 Å². The van der Waals surface area contributed by atoms with Crippen LogP contribution in [0.2, 0.25) is 0 Å². The van der Waals surface area contributed by atoms with Crippen LogP contribution in [-0.2, 0) is 27.5 Å². The Morgan fingerprint density at radius 2 is 1.48 bits per heavy atom. The summed E-state index contributed by atoms with van der Waals surface area (Å²) in [6.45, 7) is 0.352. The molecule has 0 heterocycles. The molecule has 10 nitrogen and oxygen atoms in total. The first-order valence-corrected chi connectivity index (χ1v) is 13.5. The Labute approximate surface area is 262 Å². The molecule has 0 aromatic heterocycles. The van der Waals surface area contributed by atoms with Gasteiger partial charge in [0.1, 0.15) is 25.1 Å². The third-order valence-corrected chi connectivity index (χ3v) is 6.70. The number of primary amides is 1. The summed E-state index contributed by atoms with van der Waals surface area (Å²) in [5.41, 5.74) is 15.6. The Bertz CT molecular complexity index is 1550. The Kier molecular flexibility index (Phi) is 12.1. The van der Waals surface area contributed by atoms with E-state index in [1.807, 2.05) is 65.6 Å². The largest absolute Gasteiger partial charge is 0.493 e. The number of amidine groups is 1. The summed E-state index contributed by atoms with van der Waals surface area (Å²) >= 11 is 0. The predicted octanol–water partition coefficient (Wildman–Crippen LogP) is 4.80. The number of nitrogens with two attached hydrogens (primary N) is 2. The smallest absolute Gasteiger partial charge is 0.250 e. The predicted molar refractivity (Wildman–Crippen MR) is 174 cm³/mol. The van der Waals surface area contributed by atoms with Crippen LogP contribution in [0.25, 0.3) is 0 Å². The van der Waals surface area contributed by atoms with Crippen LogP contribution in [-0.4, -0.2) is 38.5 Å². The fourth-order valence-corrected chi connectivity index (χ4v) is 4.65. The number of anilines is 2. The summed E-state index contributed by atoms with van der Waals surface area (Å²) < 4.78 is 16.8. The van der Waals surface area contributed by atoms with Gasteiger partial charge in [0, 0.05) is 36.5 Å². The van der Waals surface area contributed by atoms with Crippen molar-refractivity contribution < 1.29 is 23.8 Å².